The first-order valence-electron chi connectivity index (χ1n) is 9.92. The van der Waals surface area contributed by atoms with Crippen LogP contribution in [0.2, 0.25) is 5.02 Å². The largest absolute Gasteiger partial charge is 0.394 e. The van der Waals surface area contributed by atoms with Crippen molar-refractivity contribution < 1.29 is 29.7 Å². The SMILES string of the molecule is OC[C@H]1O[C@@H](c2ccc(Cl)c(Cc3ccc(C#Cc4ncon4)cc3)c2)[C@H](O)[C@@H](O)[C@@H]1O. The van der Waals surface area contributed by atoms with Gasteiger partial charge in [-0.15, -0.1) is 0 Å². The van der Waals surface area contributed by atoms with Gasteiger partial charge in [0.05, 0.1) is 6.61 Å². The second-order valence-corrected chi connectivity index (χ2v) is 7.89. The summed E-state index contributed by atoms with van der Waals surface area (Å²) in [5.41, 5.74) is 3.17. The first kappa shape index (κ1) is 22.4. The second-order valence-electron chi connectivity index (χ2n) is 7.48. The molecule has 1 aromatic heterocycles. The quantitative estimate of drug-likeness (QED) is 0.431. The topological polar surface area (TPSA) is 129 Å². The molecule has 0 unspecified atom stereocenters. The van der Waals surface area contributed by atoms with E-state index >= 15 is 0 Å². The molecule has 1 aliphatic heterocycles. The van der Waals surface area contributed by atoms with Gasteiger partial charge in [-0.05, 0) is 52.4 Å². The third-order valence-corrected chi connectivity index (χ3v) is 5.69. The van der Waals surface area contributed by atoms with E-state index in [1.807, 2.05) is 24.3 Å². The van der Waals surface area contributed by atoms with E-state index in [9.17, 15) is 20.4 Å². The molecule has 4 rings (SSSR count). The van der Waals surface area contributed by atoms with Crippen molar-refractivity contribution in [2.75, 3.05) is 6.61 Å². The van der Waals surface area contributed by atoms with Gasteiger partial charge in [-0.1, -0.05) is 41.8 Å². The van der Waals surface area contributed by atoms with Crippen LogP contribution in [0.4, 0.5) is 0 Å². The molecule has 2 heterocycles. The van der Waals surface area contributed by atoms with E-state index in [1.54, 1.807) is 18.2 Å². The molecule has 0 amide bonds. The Bertz CT molecular complexity index is 1110. The highest BCUT2D eigenvalue weighted by atomic mass is 35.5. The highest BCUT2D eigenvalue weighted by Gasteiger charge is 2.44. The zero-order valence-corrected chi connectivity index (χ0v) is 17.6. The van der Waals surface area contributed by atoms with Gasteiger partial charge in [0, 0.05) is 10.6 Å². The van der Waals surface area contributed by atoms with Gasteiger partial charge in [-0.2, -0.15) is 4.98 Å². The van der Waals surface area contributed by atoms with E-state index in [0.717, 1.165) is 16.7 Å². The molecule has 32 heavy (non-hydrogen) atoms. The molecular formula is C23H21ClN2O6. The number of nitrogens with zero attached hydrogens (tertiary/aromatic N) is 2. The molecule has 1 aliphatic rings. The Morgan fingerprint density at radius 2 is 1.75 bits per heavy atom. The van der Waals surface area contributed by atoms with Crippen LogP contribution in [0, 0.1) is 11.8 Å². The molecular weight excluding hydrogens is 436 g/mol. The van der Waals surface area contributed by atoms with Gasteiger partial charge < -0.3 is 29.7 Å². The van der Waals surface area contributed by atoms with E-state index < -0.39 is 37.1 Å². The van der Waals surface area contributed by atoms with E-state index in [0.29, 0.717) is 22.8 Å². The molecule has 4 N–H and O–H groups in total. The molecule has 0 radical (unpaired) electrons. The van der Waals surface area contributed by atoms with Crippen LogP contribution in [0.25, 0.3) is 0 Å². The van der Waals surface area contributed by atoms with Crippen LogP contribution in [0.15, 0.2) is 53.4 Å². The van der Waals surface area contributed by atoms with Crippen LogP contribution in [0.3, 0.4) is 0 Å². The van der Waals surface area contributed by atoms with Gasteiger partial charge in [-0.3, -0.25) is 0 Å². The maximum atomic E-state index is 10.4. The number of ether oxygens (including phenoxy) is 1. The third-order valence-electron chi connectivity index (χ3n) is 5.32. The number of hydrogen-bond acceptors (Lipinski definition) is 8. The fraction of sp³-hybridized carbons (Fsp3) is 0.304. The average Bonchev–Trinajstić information content (AvgIpc) is 3.33. The smallest absolute Gasteiger partial charge is 0.246 e. The first-order valence-corrected chi connectivity index (χ1v) is 10.3. The van der Waals surface area contributed by atoms with Crippen molar-refractivity contribution in [3.8, 4) is 11.8 Å². The Labute approximate surface area is 189 Å². The number of benzene rings is 2. The second kappa shape index (κ2) is 9.79. The number of aliphatic hydroxyl groups is 4. The summed E-state index contributed by atoms with van der Waals surface area (Å²) >= 11 is 6.39. The van der Waals surface area contributed by atoms with Crippen LogP contribution in [-0.4, -0.2) is 61.6 Å². The number of aliphatic hydroxyl groups excluding tert-OH is 4. The Morgan fingerprint density at radius 3 is 2.44 bits per heavy atom. The average molecular weight is 457 g/mol. The molecule has 0 bridgehead atoms. The van der Waals surface area contributed by atoms with Crippen LogP contribution in [0.1, 0.15) is 34.2 Å². The lowest BCUT2D eigenvalue weighted by molar-refractivity contribution is -0.231. The van der Waals surface area contributed by atoms with Crippen molar-refractivity contribution >= 4 is 11.6 Å². The molecule has 166 valence electrons. The molecule has 1 fully saturated rings. The molecule has 0 aliphatic carbocycles. The minimum atomic E-state index is -1.44. The molecule has 0 spiro atoms. The number of hydrogen-bond donors (Lipinski definition) is 4. The number of halogens is 1. The standard InChI is InChI=1S/C23H21ClN2O6/c24-17-7-6-15(23-22(30)21(29)20(28)18(11-27)32-23)10-16(17)9-14-3-1-13(2-4-14)5-8-19-25-12-31-26-19/h1-4,6-7,10,12,18,20-23,27-30H,9,11H2/t18-,20-,21+,22-,23+/m1/s1. The van der Waals surface area contributed by atoms with Gasteiger partial charge >= 0.3 is 0 Å². The van der Waals surface area contributed by atoms with Gasteiger partial charge in [0.1, 0.15) is 30.5 Å². The molecule has 8 nitrogen and oxygen atoms in total. The van der Waals surface area contributed by atoms with Crippen molar-refractivity contribution in [1.82, 2.24) is 10.1 Å². The van der Waals surface area contributed by atoms with Crippen LogP contribution >= 0.6 is 11.6 Å². The van der Waals surface area contributed by atoms with Gasteiger partial charge in [-0.25, -0.2) is 0 Å². The molecule has 0 saturated carbocycles. The van der Waals surface area contributed by atoms with Crippen LogP contribution in [-0.2, 0) is 11.2 Å². The van der Waals surface area contributed by atoms with Crippen molar-refractivity contribution in [2.24, 2.45) is 0 Å². The normalized spacial score (nSPS) is 25.2. The highest BCUT2D eigenvalue weighted by molar-refractivity contribution is 6.31. The maximum absolute atomic E-state index is 10.4. The highest BCUT2D eigenvalue weighted by Crippen LogP contribution is 2.34. The summed E-state index contributed by atoms with van der Waals surface area (Å²) in [6.45, 7) is -0.482. The van der Waals surface area contributed by atoms with Crippen molar-refractivity contribution in [3.05, 3.63) is 82.0 Å². The Kier molecular flexibility index (Phi) is 6.86. The minimum absolute atomic E-state index is 0.311. The van der Waals surface area contributed by atoms with E-state index in [4.69, 9.17) is 16.3 Å². The zero-order valence-electron chi connectivity index (χ0n) is 16.8. The molecule has 5 atom stereocenters. The summed E-state index contributed by atoms with van der Waals surface area (Å²) in [6.07, 6.45) is -4.34. The van der Waals surface area contributed by atoms with Gasteiger partial charge in [0.2, 0.25) is 12.2 Å². The summed E-state index contributed by atoms with van der Waals surface area (Å²) in [5, 5.41) is 44.1. The molecule has 2 aromatic carbocycles. The van der Waals surface area contributed by atoms with E-state index in [-0.39, 0.29) is 0 Å². The fourth-order valence-electron chi connectivity index (χ4n) is 3.56. The monoisotopic (exact) mass is 456 g/mol. The Morgan fingerprint density at radius 1 is 0.969 bits per heavy atom. The summed E-state index contributed by atoms with van der Waals surface area (Å²) < 4.78 is 10.3. The predicted octanol–water partition coefficient (Wildman–Crippen LogP) is 1.23. The van der Waals surface area contributed by atoms with Crippen LogP contribution < -0.4 is 0 Å². The van der Waals surface area contributed by atoms with Crippen molar-refractivity contribution in [2.45, 2.75) is 36.9 Å². The Hall–Kier alpha value is -2.77. The minimum Gasteiger partial charge on any atom is -0.394 e. The number of aromatic nitrogens is 2. The number of rotatable bonds is 4. The fourth-order valence-corrected chi connectivity index (χ4v) is 3.75. The molecule has 3 aromatic rings. The van der Waals surface area contributed by atoms with Crippen LogP contribution in [0.5, 0.6) is 0 Å². The summed E-state index contributed by atoms with van der Waals surface area (Å²) in [4.78, 5) is 3.85. The van der Waals surface area contributed by atoms with E-state index in [2.05, 4.69) is 26.5 Å². The zero-order chi connectivity index (χ0) is 22.7. The third kappa shape index (κ3) is 4.84. The van der Waals surface area contributed by atoms with Crippen molar-refractivity contribution in [1.29, 1.82) is 0 Å². The lowest BCUT2D eigenvalue weighted by atomic mass is 9.90. The molecule has 1 saturated heterocycles. The Balaban J connectivity index is 1.52. The summed E-state index contributed by atoms with van der Waals surface area (Å²) in [7, 11) is 0. The van der Waals surface area contributed by atoms with Gasteiger partial charge in [0.25, 0.3) is 0 Å². The van der Waals surface area contributed by atoms with Gasteiger partial charge in [0.15, 0.2) is 0 Å². The summed E-state index contributed by atoms with van der Waals surface area (Å²) in [6, 6.07) is 12.8. The first-order chi connectivity index (χ1) is 15.5. The lowest BCUT2D eigenvalue weighted by Crippen LogP contribution is -2.55. The molecule has 9 heteroatoms. The van der Waals surface area contributed by atoms with Crippen molar-refractivity contribution in [3.63, 3.8) is 0 Å². The summed E-state index contributed by atoms with van der Waals surface area (Å²) in [5.74, 6) is 6.07. The maximum Gasteiger partial charge on any atom is 0.246 e. The lowest BCUT2D eigenvalue weighted by Gasteiger charge is -2.40. The van der Waals surface area contributed by atoms with E-state index in [1.165, 1.54) is 6.39 Å². The predicted molar refractivity (Wildman–Crippen MR) is 114 cm³/mol.